The summed E-state index contributed by atoms with van der Waals surface area (Å²) < 4.78 is 5.21. The first-order valence-electron chi connectivity index (χ1n) is 7.14. The number of aliphatic hydroxyl groups is 1. The Balaban J connectivity index is 2.06. The average molecular weight is 335 g/mol. The number of nitrogens with one attached hydrogen (secondary N) is 2. The second-order valence-corrected chi connectivity index (χ2v) is 5.49. The molecule has 0 saturated carbocycles. The van der Waals surface area contributed by atoms with Crippen LogP contribution >= 0.6 is 11.6 Å². The number of amides is 1. The Morgan fingerprint density at radius 3 is 2.78 bits per heavy atom. The van der Waals surface area contributed by atoms with Gasteiger partial charge in [0.25, 0.3) is 0 Å². The van der Waals surface area contributed by atoms with Gasteiger partial charge in [0.15, 0.2) is 0 Å². The van der Waals surface area contributed by atoms with Crippen molar-refractivity contribution in [2.45, 2.75) is 19.6 Å². The monoisotopic (exact) mass is 334 g/mol. The number of hydrogen-bond acceptors (Lipinski definition) is 4. The first-order chi connectivity index (χ1) is 11.0. The van der Waals surface area contributed by atoms with Crippen molar-refractivity contribution in [3.05, 3.63) is 53.1 Å². The third-order valence-electron chi connectivity index (χ3n) is 3.31. The standard InChI is InChI=1S/C17H19ClN2O3/c1-11(19-14-5-3-4-12(8-14)10-21)17(22)20-15-9-13(18)6-7-16(15)23-2/h3-9,11,19,21H,10H2,1-2H3,(H,20,22)/t11-/m0/s1. The summed E-state index contributed by atoms with van der Waals surface area (Å²) in [5.74, 6) is 0.317. The number of anilines is 2. The van der Waals surface area contributed by atoms with Crippen molar-refractivity contribution in [2.24, 2.45) is 0 Å². The Bertz CT molecular complexity index is 691. The van der Waals surface area contributed by atoms with Crippen molar-refractivity contribution in [2.75, 3.05) is 17.7 Å². The molecule has 6 heteroatoms. The predicted octanol–water partition coefficient (Wildman–Crippen LogP) is 3.28. The summed E-state index contributed by atoms with van der Waals surface area (Å²) in [5, 5.41) is 15.5. The van der Waals surface area contributed by atoms with E-state index in [1.165, 1.54) is 7.11 Å². The van der Waals surface area contributed by atoms with Crippen molar-refractivity contribution in [1.82, 2.24) is 0 Å². The third kappa shape index (κ3) is 4.61. The Hall–Kier alpha value is -2.24. The maximum atomic E-state index is 12.3. The van der Waals surface area contributed by atoms with Gasteiger partial charge in [-0.3, -0.25) is 4.79 Å². The molecule has 0 unspecified atom stereocenters. The molecule has 1 atom stereocenters. The Morgan fingerprint density at radius 1 is 1.30 bits per heavy atom. The summed E-state index contributed by atoms with van der Waals surface area (Å²) >= 11 is 5.95. The average Bonchev–Trinajstić information content (AvgIpc) is 2.55. The van der Waals surface area contributed by atoms with Crippen LogP contribution in [-0.4, -0.2) is 24.2 Å². The second kappa shape index (κ2) is 7.85. The van der Waals surface area contributed by atoms with E-state index in [2.05, 4.69) is 10.6 Å². The largest absolute Gasteiger partial charge is 0.495 e. The van der Waals surface area contributed by atoms with Crippen LogP contribution in [0.25, 0.3) is 0 Å². The van der Waals surface area contributed by atoms with Gasteiger partial charge in [-0.15, -0.1) is 0 Å². The minimum Gasteiger partial charge on any atom is -0.495 e. The summed E-state index contributed by atoms with van der Waals surface area (Å²) in [4.78, 5) is 12.3. The highest BCUT2D eigenvalue weighted by atomic mass is 35.5. The fourth-order valence-electron chi connectivity index (χ4n) is 2.09. The van der Waals surface area contributed by atoms with Crippen molar-refractivity contribution in [1.29, 1.82) is 0 Å². The zero-order valence-corrected chi connectivity index (χ0v) is 13.7. The summed E-state index contributed by atoms with van der Waals surface area (Å²) in [7, 11) is 1.53. The molecule has 0 bridgehead atoms. The smallest absolute Gasteiger partial charge is 0.246 e. The van der Waals surface area contributed by atoms with Crippen molar-refractivity contribution in [3.63, 3.8) is 0 Å². The van der Waals surface area contributed by atoms with Gasteiger partial charge >= 0.3 is 0 Å². The van der Waals surface area contributed by atoms with Crippen LogP contribution in [0, 0.1) is 0 Å². The Kier molecular flexibility index (Phi) is 5.84. The minimum absolute atomic E-state index is 0.0458. The van der Waals surface area contributed by atoms with Crippen LogP contribution in [0.4, 0.5) is 11.4 Å². The van der Waals surface area contributed by atoms with Crippen molar-refractivity contribution >= 4 is 28.9 Å². The van der Waals surface area contributed by atoms with Gasteiger partial charge in [0, 0.05) is 10.7 Å². The number of carbonyl (C=O) groups excluding carboxylic acids is 1. The maximum Gasteiger partial charge on any atom is 0.246 e. The number of ether oxygens (including phenoxy) is 1. The summed E-state index contributed by atoms with van der Waals surface area (Å²) in [6.07, 6.45) is 0. The lowest BCUT2D eigenvalue weighted by Crippen LogP contribution is -2.32. The van der Waals surface area contributed by atoms with E-state index in [4.69, 9.17) is 21.4 Å². The lowest BCUT2D eigenvalue weighted by atomic mass is 10.2. The first kappa shape index (κ1) is 17.1. The zero-order chi connectivity index (χ0) is 16.8. The van der Waals surface area contributed by atoms with E-state index in [9.17, 15) is 4.79 Å². The lowest BCUT2D eigenvalue weighted by molar-refractivity contribution is -0.116. The quantitative estimate of drug-likeness (QED) is 0.758. The second-order valence-electron chi connectivity index (χ2n) is 5.06. The highest BCUT2D eigenvalue weighted by Gasteiger charge is 2.15. The fraction of sp³-hybridized carbons (Fsp3) is 0.235. The molecule has 0 heterocycles. The van der Waals surface area contributed by atoms with Gasteiger partial charge in [-0.2, -0.15) is 0 Å². The van der Waals surface area contributed by atoms with E-state index < -0.39 is 6.04 Å². The number of aliphatic hydroxyl groups excluding tert-OH is 1. The summed E-state index contributed by atoms with van der Waals surface area (Å²) in [6, 6.07) is 11.8. The molecular formula is C17H19ClN2O3. The SMILES string of the molecule is COc1ccc(Cl)cc1NC(=O)[C@H](C)Nc1cccc(CO)c1. The molecule has 2 aromatic carbocycles. The number of carbonyl (C=O) groups is 1. The molecule has 5 nitrogen and oxygen atoms in total. The van der Waals surface area contributed by atoms with Gasteiger partial charge in [0.05, 0.1) is 19.4 Å². The number of halogens is 1. The Morgan fingerprint density at radius 2 is 2.09 bits per heavy atom. The molecule has 0 radical (unpaired) electrons. The van der Waals surface area contributed by atoms with Crippen molar-refractivity contribution in [3.8, 4) is 5.75 Å². The van der Waals surface area contributed by atoms with Crippen LogP contribution in [0.5, 0.6) is 5.75 Å². The van der Waals surface area contributed by atoms with Gasteiger partial charge in [0.2, 0.25) is 5.91 Å². The highest BCUT2D eigenvalue weighted by Crippen LogP contribution is 2.27. The minimum atomic E-state index is -0.479. The molecule has 2 aromatic rings. The predicted molar refractivity (Wildman–Crippen MR) is 92.1 cm³/mol. The van der Waals surface area contributed by atoms with Crippen LogP contribution in [0.2, 0.25) is 5.02 Å². The molecule has 0 aliphatic carbocycles. The molecular weight excluding hydrogens is 316 g/mol. The molecule has 0 aliphatic rings. The van der Waals surface area contributed by atoms with Crippen LogP contribution in [0.15, 0.2) is 42.5 Å². The molecule has 0 aromatic heterocycles. The highest BCUT2D eigenvalue weighted by molar-refractivity contribution is 6.31. The van der Waals surface area contributed by atoms with Crippen LogP contribution in [0.1, 0.15) is 12.5 Å². The van der Waals surface area contributed by atoms with Crippen molar-refractivity contribution < 1.29 is 14.6 Å². The number of benzene rings is 2. The molecule has 0 spiro atoms. The first-order valence-corrected chi connectivity index (χ1v) is 7.52. The van der Waals surface area contributed by atoms with E-state index in [0.29, 0.717) is 16.5 Å². The maximum absolute atomic E-state index is 12.3. The van der Waals surface area contributed by atoms with E-state index in [0.717, 1.165) is 11.3 Å². The number of hydrogen-bond donors (Lipinski definition) is 3. The molecule has 0 fully saturated rings. The van der Waals surface area contributed by atoms with Gasteiger partial charge in [-0.05, 0) is 42.8 Å². The molecule has 2 rings (SSSR count). The zero-order valence-electron chi connectivity index (χ0n) is 13.0. The van der Waals surface area contributed by atoms with Crippen LogP contribution < -0.4 is 15.4 Å². The molecule has 0 saturated heterocycles. The topological polar surface area (TPSA) is 70.6 Å². The van der Waals surface area contributed by atoms with E-state index in [-0.39, 0.29) is 12.5 Å². The van der Waals surface area contributed by atoms with Crippen LogP contribution in [-0.2, 0) is 11.4 Å². The van der Waals surface area contributed by atoms with Gasteiger partial charge in [-0.1, -0.05) is 23.7 Å². The van der Waals surface area contributed by atoms with Gasteiger partial charge in [0.1, 0.15) is 11.8 Å². The fourth-order valence-corrected chi connectivity index (χ4v) is 2.27. The van der Waals surface area contributed by atoms with E-state index in [1.807, 2.05) is 18.2 Å². The summed E-state index contributed by atoms with van der Waals surface area (Å²) in [5.41, 5.74) is 2.05. The number of rotatable bonds is 6. The van der Waals surface area contributed by atoms with Crippen LogP contribution in [0.3, 0.4) is 0 Å². The number of methoxy groups -OCH3 is 1. The Labute approximate surface area is 140 Å². The lowest BCUT2D eigenvalue weighted by Gasteiger charge is -2.17. The van der Waals surface area contributed by atoms with E-state index in [1.54, 1.807) is 31.2 Å². The molecule has 0 aliphatic heterocycles. The molecule has 122 valence electrons. The van der Waals surface area contributed by atoms with Gasteiger partial charge < -0.3 is 20.5 Å². The molecule has 23 heavy (non-hydrogen) atoms. The van der Waals surface area contributed by atoms with E-state index >= 15 is 0 Å². The molecule has 1 amide bonds. The normalized spacial score (nSPS) is 11.7. The summed E-state index contributed by atoms with van der Waals surface area (Å²) in [6.45, 7) is 1.70. The molecule has 3 N–H and O–H groups in total. The van der Waals surface area contributed by atoms with Gasteiger partial charge in [-0.25, -0.2) is 0 Å². The third-order valence-corrected chi connectivity index (χ3v) is 3.54.